The largest absolute Gasteiger partial charge is 0.494 e. The van der Waals surface area contributed by atoms with Gasteiger partial charge in [0.05, 0.1) is 30.6 Å². The second kappa shape index (κ2) is 5.48. The maximum atomic E-state index is 12.0. The molecule has 19 heavy (non-hydrogen) atoms. The van der Waals surface area contributed by atoms with Gasteiger partial charge in [-0.25, -0.2) is 9.78 Å². The van der Waals surface area contributed by atoms with Gasteiger partial charge in [-0.1, -0.05) is 18.5 Å². The van der Waals surface area contributed by atoms with E-state index < -0.39 is 5.97 Å². The molecule has 6 heteroatoms. The summed E-state index contributed by atoms with van der Waals surface area (Å²) in [4.78, 5) is 16.4. The minimum atomic E-state index is -0.392. The number of hydrogen-bond acceptors (Lipinski definition) is 4. The van der Waals surface area contributed by atoms with E-state index in [1.807, 2.05) is 6.92 Å². The van der Waals surface area contributed by atoms with Crippen LogP contribution < -0.4 is 4.74 Å². The van der Waals surface area contributed by atoms with E-state index >= 15 is 0 Å². The topological polar surface area (TPSA) is 52.8 Å². The summed E-state index contributed by atoms with van der Waals surface area (Å²) in [7, 11) is 1.52. The average Bonchev–Trinajstić information content (AvgIpc) is 2.75. The monoisotopic (exact) mass is 282 g/mol. The molecule has 0 atom stereocenters. The molecule has 0 aliphatic carbocycles. The van der Waals surface area contributed by atoms with Crippen molar-refractivity contribution in [3.63, 3.8) is 0 Å². The Morgan fingerprint density at radius 2 is 2.21 bits per heavy atom. The van der Waals surface area contributed by atoms with E-state index in [9.17, 15) is 4.79 Å². The Bertz CT molecular complexity index is 622. The molecule has 2 aromatic rings. The van der Waals surface area contributed by atoms with E-state index in [-0.39, 0.29) is 0 Å². The highest BCUT2D eigenvalue weighted by Crippen LogP contribution is 2.27. The Balaban J connectivity index is 2.68. The van der Waals surface area contributed by atoms with E-state index in [2.05, 4.69) is 4.98 Å². The number of fused-ring (bicyclic) bond motifs is 1. The van der Waals surface area contributed by atoms with E-state index in [1.165, 1.54) is 7.11 Å². The van der Waals surface area contributed by atoms with Crippen LogP contribution in [0, 0.1) is 0 Å². The summed E-state index contributed by atoms with van der Waals surface area (Å²) in [6.45, 7) is 4.02. The van der Waals surface area contributed by atoms with Crippen molar-refractivity contribution in [1.29, 1.82) is 0 Å². The Morgan fingerprint density at radius 3 is 2.79 bits per heavy atom. The summed E-state index contributed by atoms with van der Waals surface area (Å²) in [6.07, 6.45) is 2.28. The van der Waals surface area contributed by atoms with Crippen molar-refractivity contribution in [3.8, 4) is 5.75 Å². The standard InChI is InChI=1S/C13H15ClN2O3/c1-4-9-12(13(17)19-5-2)16-7-10(18-3)8(14)6-11(16)15-9/h6-7H,4-5H2,1-3H3. The van der Waals surface area contributed by atoms with Crippen molar-refractivity contribution in [2.24, 2.45) is 0 Å². The summed E-state index contributed by atoms with van der Waals surface area (Å²) in [5.74, 6) is 0.0935. The van der Waals surface area contributed by atoms with Crippen molar-refractivity contribution >= 4 is 23.2 Å². The van der Waals surface area contributed by atoms with Gasteiger partial charge in [-0.05, 0) is 13.3 Å². The molecular weight excluding hydrogens is 268 g/mol. The Hall–Kier alpha value is -1.75. The molecule has 2 aromatic heterocycles. The minimum absolute atomic E-state index is 0.319. The zero-order valence-corrected chi connectivity index (χ0v) is 11.8. The fourth-order valence-corrected chi connectivity index (χ4v) is 2.13. The van der Waals surface area contributed by atoms with Crippen molar-refractivity contribution in [1.82, 2.24) is 9.38 Å². The van der Waals surface area contributed by atoms with Crippen molar-refractivity contribution in [2.75, 3.05) is 13.7 Å². The highest BCUT2D eigenvalue weighted by molar-refractivity contribution is 6.32. The third-order valence-corrected chi connectivity index (χ3v) is 3.07. The van der Waals surface area contributed by atoms with Crippen molar-refractivity contribution in [2.45, 2.75) is 20.3 Å². The van der Waals surface area contributed by atoms with Gasteiger partial charge in [-0.15, -0.1) is 0 Å². The predicted octanol–water partition coefficient (Wildman–Crippen LogP) is 2.74. The van der Waals surface area contributed by atoms with E-state index in [0.717, 1.165) is 0 Å². The predicted molar refractivity (Wildman–Crippen MR) is 72.1 cm³/mol. The summed E-state index contributed by atoms with van der Waals surface area (Å²) in [5.41, 5.74) is 1.71. The number of halogens is 1. The number of pyridine rings is 1. The first kappa shape index (κ1) is 13.7. The molecule has 0 aromatic carbocycles. The molecule has 5 nitrogen and oxygen atoms in total. The van der Waals surface area contributed by atoms with Gasteiger partial charge in [0, 0.05) is 6.07 Å². The molecule has 0 aliphatic heterocycles. The molecule has 0 radical (unpaired) electrons. The fourth-order valence-electron chi connectivity index (χ4n) is 1.91. The number of imidazole rings is 1. The number of carbonyl (C=O) groups excluding carboxylic acids is 1. The van der Waals surface area contributed by atoms with Gasteiger partial charge in [-0.3, -0.25) is 4.40 Å². The summed E-state index contributed by atoms with van der Waals surface area (Å²) < 4.78 is 11.9. The van der Waals surface area contributed by atoms with Crippen LogP contribution in [-0.2, 0) is 11.2 Å². The molecule has 2 rings (SSSR count). The minimum Gasteiger partial charge on any atom is -0.494 e. The molecule has 0 N–H and O–H groups in total. The average molecular weight is 283 g/mol. The number of esters is 1. The molecule has 0 bridgehead atoms. The lowest BCUT2D eigenvalue weighted by Gasteiger charge is -2.06. The van der Waals surface area contributed by atoms with Crippen LogP contribution in [0.15, 0.2) is 12.3 Å². The van der Waals surface area contributed by atoms with Crippen LogP contribution in [0.5, 0.6) is 5.75 Å². The van der Waals surface area contributed by atoms with Crippen LogP contribution >= 0.6 is 11.6 Å². The molecule has 2 heterocycles. The Morgan fingerprint density at radius 1 is 1.47 bits per heavy atom. The maximum absolute atomic E-state index is 12.0. The molecule has 0 amide bonds. The number of aromatic nitrogens is 2. The smallest absolute Gasteiger partial charge is 0.357 e. The molecule has 0 spiro atoms. The Labute approximate surface area is 116 Å². The number of carbonyl (C=O) groups is 1. The maximum Gasteiger partial charge on any atom is 0.357 e. The van der Waals surface area contributed by atoms with E-state index in [4.69, 9.17) is 21.1 Å². The number of hydrogen-bond donors (Lipinski definition) is 0. The Kier molecular flexibility index (Phi) is 3.95. The van der Waals surface area contributed by atoms with Crippen molar-refractivity contribution in [3.05, 3.63) is 28.7 Å². The van der Waals surface area contributed by atoms with Crippen LogP contribution in [0.4, 0.5) is 0 Å². The van der Waals surface area contributed by atoms with Gasteiger partial charge in [0.25, 0.3) is 0 Å². The van der Waals surface area contributed by atoms with Gasteiger partial charge in [0.2, 0.25) is 0 Å². The number of ether oxygens (including phenoxy) is 2. The SMILES string of the molecule is CCOC(=O)c1c(CC)nc2cc(Cl)c(OC)cn12. The van der Waals surface area contributed by atoms with Crippen LogP contribution in [0.1, 0.15) is 30.0 Å². The third kappa shape index (κ3) is 2.38. The highest BCUT2D eigenvalue weighted by Gasteiger charge is 2.20. The summed E-state index contributed by atoms with van der Waals surface area (Å²) >= 11 is 6.05. The van der Waals surface area contributed by atoms with Gasteiger partial charge < -0.3 is 9.47 Å². The van der Waals surface area contributed by atoms with E-state index in [1.54, 1.807) is 23.6 Å². The second-order valence-corrected chi connectivity index (χ2v) is 4.31. The third-order valence-electron chi connectivity index (χ3n) is 2.77. The molecule has 0 aliphatic rings. The van der Waals surface area contributed by atoms with E-state index in [0.29, 0.717) is 40.8 Å². The number of aryl methyl sites for hydroxylation is 1. The summed E-state index contributed by atoms with van der Waals surface area (Å²) in [5, 5.41) is 0.457. The molecule has 102 valence electrons. The second-order valence-electron chi connectivity index (χ2n) is 3.90. The fraction of sp³-hybridized carbons (Fsp3) is 0.385. The normalized spacial score (nSPS) is 10.7. The van der Waals surface area contributed by atoms with Crippen LogP contribution in [0.3, 0.4) is 0 Å². The molecule has 0 fully saturated rings. The van der Waals surface area contributed by atoms with Gasteiger partial charge in [0.1, 0.15) is 5.65 Å². The molecule has 0 saturated heterocycles. The first-order valence-corrected chi connectivity index (χ1v) is 6.41. The lowest BCUT2D eigenvalue weighted by Crippen LogP contribution is -2.10. The molecular formula is C13H15ClN2O3. The molecule has 0 unspecified atom stereocenters. The highest BCUT2D eigenvalue weighted by atomic mass is 35.5. The quantitative estimate of drug-likeness (QED) is 0.809. The summed E-state index contributed by atoms with van der Waals surface area (Å²) in [6, 6.07) is 1.67. The van der Waals surface area contributed by atoms with Crippen molar-refractivity contribution < 1.29 is 14.3 Å². The number of methoxy groups -OCH3 is 1. The van der Waals surface area contributed by atoms with Crippen LogP contribution in [0.2, 0.25) is 5.02 Å². The molecule has 0 saturated carbocycles. The zero-order valence-electron chi connectivity index (χ0n) is 11.1. The lowest BCUT2D eigenvalue weighted by atomic mass is 10.2. The number of rotatable bonds is 4. The first-order valence-electron chi connectivity index (χ1n) is 6.03. The zero-order chi connectivity index (χ0) is 14.0. The van der Waals surface area contributed by atoms with Gasteiger partial charge in [0.15, 0.2) is 11.4 Å². The first-order chi connectivity index (χ1) is 9.12. The number of nitrogens with zero attached hydrogens (tertiary/aromatic N) is 2. The lowest BCUT2D eigenvalue weighted by molar-refractivity contribution is 0.0517. The van der Waals surface area contributed by atoms with Crippen LogP contribution in [0.25, 0.3) is 5.65 Å². The van der Waals surface area contributed by atoms with Gasteiger partial charge in [-0.2, -0.15) is 0 Å². The van der Waals surface area contributed by atoms with Gasteiger partial charge >= 0.3 is 5.97 Å². The van der Waals surface area contributed by atoms with Crippen LogP contribution in [-0.4, -0.2) is 29.1 Å².